The molecule has 0 unspecified atom stereocenters. The summed E-state index contributed by atoms with van der Waals surface area (Å²) in [6.45, 7) is 8.01. The molecule has 0 heterocycles. The Morgan fingerprint density at radius 2 is 2.33 bits per heavy atom. The highest BCUT2D eigenvalue weighted by Crippen LogP contribution is 2.11. The topological polar surface area (TPSA) is 26.0 Å². The molecule has 1 heteroatoms. The standard InChI is InChI=1S/C8H15N/c1-7(2)8(3)5-4-6-9/h4,6,8H,1,5,9H2,2-3H3/b6-4-/t8-/m0/s1. The van der Waals surface area contributed by atoms with Gasteiger partial charge in [-0.3, -0.25) is 0 Å². The Labute approximate surface area is 57.3 Å². The largest absolute Gasteiger partial charge is 0.405 e. The van der Waals surface area contributed by atoms with E-state index in [-0.39, 0.29) is 0 Å². The van der Waals surface area contributed by atoms with Gasteiger partial charge >= 0.3 is 0 Å². The van der Waals surface area contributed by atoms with Crippen LogP contribution in [0.3, 0.4) is 0 Å². The molecule has 0 aromatic rings. The van der Waals surface area contributed by atoms with E-state index in [0.29, 0.717) is 5.92 Å². The van der Waals surface area contributed by atoms with Gasteiger partial charge in [0.1, 0.15) is 0 Å². The Bertz CT molecular complexity index is 114. The summed E-state index contributed by atoms with van der Waals surface area (Å²) in [5.41, 5.74) is 6.38. The van der Waals surface area contributed by atoms with Gasteiger partial charge in [-0.1, -0.05) is 25.2 Å². The number of allylic oxidation sites excluding steroid dienone is 2. The Hall–Kier alpha value is -0.720. The fourth-order valence-electron chi connectivity index (χ4n) is 0.484. The van der Waals surface area contributed by atoms with Crippen molar-refractivity contribution in [1.82, 2.24) is 0 Å². The zero-order valence-electron chi connectivity index (χ0n) is 6.22. The maximum absolute atomic E-state index is 5.17. The first kappa shape index (κ1) is 8.28. The molecule has 52 valence electrons. The Morgan fingerprint density at radius 1 is 1.78 bits per heavy atom. The average Bonchev–Trinajstić information content (AvgIpc) is 1.82. The summed E-state index contributed by atoms with van der Waals surface area (Å²) >= 11 is 0. The lowest BCUT2D eigenvalue weighted by Gasteiger charge is -2.05. The molecule has 1 atom stereocenters. The number of nitrogens with two attached hydrogens (primary N) is 1. The van der Waals surface area contributed by atoms with Crippen LogP contribution in [0.2, 0.25) is 0 Å². The predicted octanol–water partition coefficient (Wildman–Crippen LogP) is 2.06. The van der Waals surface area contributed by atoms with E-state index in [9.17, 15) is 0 Å². The maximum atomic E-state index is 5.17. The van der Waals surface area contributed by atoms with Gasteiger partial charge in [-0.15, -0.1) is 0 Å². The number of hydrogen-bond acceptors (Lipinski definition) is 1. The lowest BCUT2D eigenvalue weighted by Crippen LogP contribution is -1.92. The van der Waals surface area contributed by atoms with E-state index in [1.165, 1.54) is 5.57 Å². The minimum atomic E-state index is 0.560. The second-order valence-electron chi connectivity index (χ2n) is 2.41. The van der Waals surface area contributed by atoms with Gasteiger partial charge in [0.25, 0.3) is 0 Å². The van der Waals surface area contributed by atoms with Gasteiger partial charge in [-0.2, -0.15) is 0 Å². The second kappa shape index (κ2) is 4.19. The van der Waals surface area contributed by atoms with E-state index in [2.05, 4.69) is 13.5 Å². The van der Waals surface area contributed by atoms with Crippen LogP contribution in [0.5, 0.6) is 0 Å². The highest BCUT2D eigenvalue weighted by molar-refractivity contribution is 4.97. The van der Waals surface area contributed by atoms with Gasteiger partial charge in [0.2, 0.25) is 0 Å². The smallest absolute Gasteiger partial charge is 0.0103 e. The third-order valence-corrected chi connectivity index (χ3v) is 1.47. The van der Waals surface area contributed by atoms with Crippen molar-refractivity contribution in [1.29, 1.82) is 0 Å². The molecular weight excluding hydrogens is 110 g/mol. The first-order chi connectivity index (χ1) is 4.18. The summed E-state index contributed by atoms with van der Waals surface area (Å²) in [6, 6.07) is 0. The van der Waals surface area contributed by atoms with E-state index >= 15 is 0 Å². The monoisotopic (exact) mass is 125 g/mol. The Morgan fingerprint density at radius 3 is 2.67 bits per heavy atom. The number of rotatable bonds is 3. The molecule has 0 radical (unpaired) electrons. The SMILES string of the molecule is C=C(C)[C@@H](C)C/C=C\N. The van der Waals surface area contributed by atoms with Crippen molar-refractivity contribution in [3.63, 3.8) is 0 Å². The maximum Gasteiger partial charge on any atom is -0.0103 e. The molecule has 0 fully saturated rings. The molecular formula is C8H15N. The van der Waals surface area contributed by atoms with Gasteiger partial charge in [0.15, 0.2) is 0 Å². The molecule has 0 aliphatic rings. The summed E-state index contributed by atoms with van der Waals surface area (Å²) in [4.78, 5) is 0. The van der Waals surface area contributed by atoms with E-state index in [1.807, 2.05) is 13.0 Å². The van der Waals surface area contributed by atoms with Crippen LogP contribution >= 0.6 is 0 Å². The van der Waals surface area contributed by atoms with Crippen LogP contribution in [-0.2, 0) is 0 Å². The van der Waals surface area contributed by atoms with Crippen LogP contribution < -0.4 is 5.73 Å². The number of hydrogen-bond donors (Lipinski definition) is 1. The molecule has 0 aliphatic heterocycles. The Kier molecular flexibility index (Phi) is 3.85. The molecule has 0 aromatic heterocycles. The van der Waals surface area contributed by atoms with E-state index in [4.69, 9.17) is 5.73 Å². The zero-order chi connectivity index (χ0) is 7.28. The predicted molar refractivity (Wildman–Crippen MR) is 41.9 cm³/mol. The first-order valence-electron chi connectivity index (χ1n) is 3.20. The fourth-order valence-corrected chi connectivity index (χ4v) is 0.484. The fraction of sp³-hybridized carbons (Fsp3) is 0.500. The van der Waals surface area contributed by atoms with Crippen LogP contribution in [0.4, 0.5) is 0 Å². The van der Waals surface area contributed by atoms with Gasteiger partial charge in [-0.05, 0) is 25.5 Å². The molecule has 0 saturated heterocycles. The van der Waals surface area contributed by atoms with Crippen molar-refractivity contribution in [2.45, 2.75) is 20.3 Å². The molecule has 2 N–H and O–H groups in total. The molecule has 1 nitrogen and oxygen atoms in total. The van der Waals surface area contributed by atoms with Gasteiger partial charge in [-0.25, -0.2) is 0 Å². The molecule has 0 saturated carbocycles. The van der Waals surface area contributed by atoms with Crippen LogP contribution in [-0.4, -0.2) is 0 Å². The molecule has 0 amide bonds. The molecule has 0 aromatic carbocycles. The molecule has 0 rings (SSSR count). The molecule has 0 bridgehead atoms. The third-order valence-electron chi connectivity index (χ3n) is 1.47. The van der Waals surface area contributed by atoms with Gasteiger partial charge in [0.05, 0.1) is 0 Å². The summed E-state index contributed by atoms with van der Waals surface area (Å²) in [6.07, 6.45) is 4.55. The van der Waals surface area contributed by atoms with E-state index < -0.39 is 0 Å². The van der Waals surface area contributed by atoms with E-state index in [1.54, 1.807) is 6.20 Å². The van der Waals surface area contributed by atoms with Crippen molar-refractivity contribution in [3.8, 4) is 0 Å². The second-order valence-corrected chi connectivity index (χ2v) is 2.41. The minimum absolute atomic E-state index is 0.560. The first-order valence-corrected chi connectivity index (χ1v) is 3.20. The highest BCUT2D eigenvalue weighted by atomic mass is 14.5. The van der Waals surface area contributed by atoms with Crippen molar-refractivity contribution in [2.75, 3.05) is 0 Å². The third kappa shape index (κ3) is 3.83. The van der Waals surface area contributed by atoms with Crippen molar-refractivity contribution in [3.05, 3.63) is 24.4 Å². The summed E-state index contributed by atoms with van der Waals surface area (Å²) in [5.74, 6) is 0.560. The molecule has 9 heavy (non-hydrogen) atoms. The summed E-state index contributed by atoms with van der Waals surface area (Å²) in [5, 5.41) is 0. The van der Waals surface area contributed by atoms with Crippen LogP contribution in [0, 0.1) is 5.92 Å². The lowest BCUT2D eigenvalue weighted by atomic mass is 10.0. The van der Waals surface area contributed by atoms with Gasteiger partial charge in [0, 0.05) is 0 Å². The van der Waals surface area contributed by atoms with Crippen LogP contribution in [0.1, 0.15) is 20.3 Å². The molecule has 0 spiro atoms. The highest BCUT2D eigenvalue weighted by Gasteiger charge is 1.96. The minimum Gasteiger partial charge on any atom is -0.405 e. The van der Waals surface area contributed by atoms with Crippen molar-refractivity contribution >= 4 is 0 Å². The van der Waals surface area contributed by atoms with Gasteiger partial charge < -0.3 is 5.73 Å². The van der Waals surface area contributed by atoms with E-state index in [0.717, 1.165) is 6.42 Å². The Balaban J connectivity index is 3.50. The van der Waals surface area contributed by atoms with Crippen LogP contribution in [0.25, 0.3) is 0 Å². The van der Waals surface area contributed by atoms with Crippen molar-refractivity contribution < 1.29 is 0 Å². The average molecular weight is 125 g/mol. The quantitative estimate of drug-likeness (QED) is 0.574. The normalized spacial score (nSPS) is 14.0. The molecule has 0 aliphatic carbocycles. The summed E-state index contributed by atoms with van der Waals surface area (Å²) < 4.78 is 0. The lowest BCUT2D eigenvalue weighted by molar-refractivity contribution is 0.697. The van der Waals surface area contributed by atoms with Crippen molar-refractivity contribution in [2.24, 2.45) is 11.7 Å². The zero-order valence-corrected chi connectivity index (χ0v) is 6.22. The summed E-state index contributed by atoms with van der Waals surface area (Å²) in [7, 11) is 0. The van der Waals surface area contributed by atoms with Crippen LogP contribution in [0.15, 0.2) is 24.4 Å².